The lowest BCUT2D eigenvalue weighted by Crippen LogP contribution is -2.39. The van der Waals surface area contributed by atoms with Gasteiger partial charge in [0.2, 0.25) is 0 Å². The zero-order chi connectivity index (χ0) is 14.8. The molecule has 1 aliphatic heterocycles. The average molecular weight is 287 g/mol. The predicted octanol–water partition coefficient (Wildman–Crippen LogP) is 0.523. The number of rotatable bonds is 2. The molecule has 1 atom stereocenters. The van der Waals surface area contributed by atoms with Crippen molar-refractivity contribution in [1.82, 2.24) is 24.6 Å². The van der Waals surface area contributed by atoms with E-state index in [1.807, 2.05) is 11.0 Å². The average Bonchev–Trinajstić information content (AvgIpc) is 2.93. The number of carbonyl (C=O) groups excluding carboxylic acids is 1. The number of H-pyrrole nitrogens is 1. The zero-order valence-electron chi connectivity index (χ0n) is 11.8. The quantitative estimate of drug-likeness (QED) is 0.873. The fourth-order valence-electron chi connectivity index (χ4n) is 2.75. The zero-order valence-corrected chi connectivity index (χ0v) is 11.8. The number of amides is 1. The summed E-state index contributed by atoms with van der Waals surface area (Å²) in [6, 6.07) is 1.81. The Morgan fingerprint density at radius 2 is 2.33 bits per heavy atom. The van der Waals surface area contributed by atoms with Crippen molar-refractivity contribution >= 4 is 5.91 Å². The molecule has 1 fully saturated rings. The van der Waals surface area contributed by atoms with Gasteiger partial charge >= 0.3 is 5.69 Å². The standard InChI is InChI=1S/C14H17N5O2/c1-18-8-11(7-16-18)13(20)19-6-2-3-10(9-19)12-4-5-15-14(21)17-12/h4-5,7-8,10H,2-3,6,9H2,1H3,(H,15,17,21). The number of likely N-dealkylation sites (tertiary alicyclic amines) is 1. The third-order valence-corrected chi connectivity index (χ3v) is 3.80. The van der Waals surface area contributed by atoms with E-state index in [0.717, 1.165) is 25.1 Å². The molecule has 2 aromatic rings. The fourth-order valence-corrected chi connectivity index (χ4v) is 2.75. The van der Waals surface area contributed by atoms with Gasteiger partial charge in [0.25, 0.3) is 5.91 Å². The molecule has 0 aliphatic carbocycles. The van der Waals surface area contributed by atoms with Crippen molar-refractivity contribution in [3.63, 3.8) is 0 Å². The summed E-state index contributed by atoms with van der Waals surface area (Å²) in [6.07, 6.45) is 6.69. The van der Waals surface area contributed by atoms with E-state index in [-0.39, 0.29) is 17.5 Å². The first-order chi connectivity index (χ1) is 10.1. The van der Waals surface area contributed by atoms with E-state index < -0.39 is 0 Å². The second-order valence-electron chi connectivity index (χ2n) is 5.32. The summed E-state index contributed by atoms with van der Waals surface area (Å²) in [5.41, 5.74) is 1.10. The first-order valence-corrected chi connectivity index (χ1v) is 6.96. The van der Waals surface area contributed by atoms with Crippen LogP contribution in [0.15, 0.2) is 29.5 Å². The monoisotopic (exact) mass is 287 g/mol. The molecule has 3 heterocycles. The van der Waals surface area contributed by atoms with Gasteiger partial charge in [0.1, 0.15) is 0 Å². The van der Waals surface area contributed by atoms with E-state index in [1.165, 1.54) is 6.20 Å². The van der Waals surface area contributed by atoms with E-state index in [1.54, 1.807) is 24.1 Å². The van der Waals surface area contributed by atoms with Gasteiger partial charge in [0.05, 0.1) is 11.8 Å². The Kier molecular flexibility index (Phi) is 3.55. The van der Waals surface area contributed by atoms with Gasteiger partial charge in [-0.1, -0.05) is 0 Å². The minimum Gasteiger partial charge on any atom is -0.338 e. The molecular weight excluding hydrogens is 270 g/mol. The Bertz CT molecular complexity index is 705. The van der Waals surface area contributed by atoms with E-state index >= 15 is 0 Å². The lowest BCUT2D eigenvalue weighted by atomic mass is 9.94. The second-order valence-corrected chi connectivity index (χ2v) is 5.32. The van der Waals surface area contributed by atoms with Crippen LogP contribution in [0.3, 0.4) is 0 Å². The molecule has 110 valence electrons. The molecule has 7 heteroatoms. The minimum absolute atomic E-state index is 0.01000. The van der Waals surface area contributed by atoms with Crippen LogP contribution in [-0.4, -0.2) is 43.6 Å². The highest BCUT2D eigenvalue weighted by Crippen LogP contribution is 2.25. The first-order valence-electron chi connectivity index (χ1n) is 6.96. The normalized spacial score (nSPS) is 18.7. The Morgan fingerprint density at radius 3 is 3.05 bits per heavy atom. The molecule has 0 radical (unpaired) electrons. The maximum absolute atomic E-state index is 12.4. The van der Waals surface area contributed by atoms with E-state index in [2.05, 4.69) is 15.1 Å². The predicted molar refractivity (Wildman–Crippen MR) is 75.9 cm³/mol. The highest BCUT2D eigenvalue weighted by Gasteiger charge is 2.26. The number of nitrogens with one attached hydrogen (secondary N) is 1. The fraction of sp³-hybridized carbons (Fsp3) is 0.429. The number of hydrogen-bond acceptors (Lipinski definition) is 4. The number of carbonyl (C=O) groups is 1. The number of piperidine rings is 1. The number of aromatic nitrogens is 4. The number of nitrogens with zero attached hydrogens (tertiary/aromatic N) is 4. The van der Waals surface area contributed by atoms with Crippen LogP contribution in [0.2, 0.25) is 0 Å². The highest BCUT2D eigenvalue weighted by molar-refractivity contribution is 5.93. The van der Waals surface area contributed by atoms with Crippen LogP contribution < -0.4 is 5.69 Å². The molecule has 2 aromatic heterocycles. The number of aromatic amines is 1. The SMILES string of the molecule is Cn1cc(C(=O)N2CCCC(c3ccnc(=O)[nH]3)C2)cn1. The van der Waals surface area contributed by atoms with Crippen LogP contribution in [0.1, 0.15) is 34.8 Å². The van der Waals surface area contributed by atoms with Gasteiger partial charge in [0, 0.05) is 44.1 Å². The molecule has 7 nitrogen and oxygen atoms in total. The molecule has 1 amide bonds. The van der Waals surface area contributed by atoms with Crippen molar-refractivity contribution in [3.8, 4) is 0 Å². The highest BCUT2D eigenvalue weighted by atomic mass is 16.2. The molecule has 0 spiro atoms. The van der Waals surface area contributed by atoms with Crippen molar-refractivity contribution in [2.75, 3.05) is 13.1 Å². The molecule has 0 saturated carbocycles. The van der Waals surface area contributed by atoms with Crippen molar-refractivity contribution in [1.29, 1.82) is 0 Å². The summed E-state index contributed by atoms with van der Waals surface area (Å²) < 4.78 is 1.62. The largest absolute Gasteiger partial charge is 0.345 e. The maximum atomic E-state index is 12.4. The smallest absolute Gasteiger partial charge is 0.338 e. The number of hydrogen-bond donors (Lipinski definition) is 1. The molecule has 21 heavy (non-hydrogen) atoms. The summed E-state index contributed by atoms with van der Waals surface area (Å²) in [4.78, 5) is 32.0. The molecule has 3 rings (SSSR count). The van der Waals surface area contributed by atoms with E-state index in [9.17, 15) is 9.59 Å². The molecule has 1 N–H and O–H groups in total. The van der Waals surface area contributed by atoms with Crippen molar-refractivity contribution in [3.05, 3.63) is 46.4 Å². The Hall–Kier alpha value is -2.44. The second kappa shape index (κ2) is 5.51. The van der Waals surface area contributed by atoms with Gasteiger partial charge in [-0.15, -0.1) is 0 Å². The summed E-state index contributed by atoms with van der Waals surface area (Å²) in [5.74, 6) is 0.138. The van der Waals surface area contributed by atoms with Crippen LogP contribution in [0.4, 0.5) is 0 Å². The van der Waals surface area contributed by atoms with Crippen LogP contribution in [0.25, 0.3) is 0 Å². The van der Waals surface area contributed by atoms with Crippen LogP contribution in [0, 0.1) is 0 Å². The van der Waals surface area contributed by atoms with Crippen molar-refractivity contribution in [2.24, 2.45) is 7.05 Å². The number of aryl methyl sites for hydroxylation is 1. The minimum atomic E-state index is -0.344. The Morgan fingerprint density at radius 1 is 1.48 bits per heavy atom. The van der Waals surface area contributed by atoms with Crippen molar-refractivity contribution in [2.45, 2.75) is 18.8 Å². The van der Waals surface area contributed by atoms with Gasteiger partial charge in [0.15, 0.2) is 0 Å². The lowest BCUT2D eigenvalue weighted by molar-refractivity contribution is 0.0705. The molecule has 1 aliphatic rings. The van der Waals surface area contributed by atoms with Gasteiger partial charge in [-0.3, -0.25) is 9.48 Å². The summed E-state index contributed by atoms with van der Waals surface area (Å²) in [7, 11) is 1.79. The van der Waals surface area contributed by atoms with Crippen molar-refractivity contribution < 1.29 is 4.79 Å². The van der Waals surface area contributed by atoms with Crippen LogP contribution in [-0.2, 0) is 7.05 Å². The van der Waals surface area contributed by atoms with Gasteiger partial charge in [-0.05, 0) is 18.9 Å². The maximum Gasteiger partial charge on any atom is 0.345 e. The van der Waals surface area contributed by atoms with Gasteiger partial charge < -0.3 is 9.88 Å². The first kappa shape index (κ1) is 13.5. The van der Waals surface area contributed by atoms with Gasteiger partial charge in [-0.2, -0.15) is 5.10 Å². The van der Waals surface area contributed by atoms with Gasteiger partial charge in [-0.25, -0.2) is 9.78 Å². The van der Waals surface area contributed by atoms with Crippen LogP contribution >= 0.6 is 0 Å². The molecule has 1 saturated heterocycles. The Labute approximate surface area is 121 Å². The summed E-state index contributed by atoms with van der Waals surface area (Å²) in [6.45, 7) is 1.34. The Balaban J connectivity index is 1.77. The molecule has 0 bridgehead atoms. The summed E-state index contributed by atoms with van der Waals surface area (Å²) >= 11 is 0. The summed E-state index contributed by atoms with van der Waals surface area (Å²) in [5, 5.41) is 4.03. The topological polar surface area (TPSA) is 83.9 Å². The van der Waals surface area contributed by atoms with E-state index in [4.69, 9.17) is 0 Å². The third-order valence-electron chi connectivity index (χ3n) is 3.80. The molecule has 0 aromatic carbocycles. The molecule has 1 unspecified atom stereocenters. The van der Waals surface area contributed by atoms with Crippen LogP contribution in [0.5, 0.6) is 0 Å². The van der Waals surface area contributed by atoms with E-state index in [0.29, 0.717) is 12.1 Å². The lowest BCUT2D eigenvalue weighted by Gasteiger charge is -2.32. The molecular formula is C14H17N5O2. The third kappa shape index (κ3) is 2.86.